The van der Waals surface area contributed by atoms with Crippen LogP contribution in [0.15, 0.2) is 42.7 Å². The van der Waals surface area contributed by atoms with E-state index in [0.29, 0.717) is 11.1 Å². The van der Waals surface area contributed by atoms with Crippen molar-refractivity contribution in [2.24, 2.45) is 0 Å². The average molecular weight is 300 g/mol. The molecule has 0 amide bonds. The predicted octanol–water partition coefficient (Wildman–Crippen LogP) is 2.87. The highest BCUT2D eigenvalue weighted by Gasteiger charge is 2.46. The number of hydrogen-bond acceptors (Lipinski definition) is 3. The van der Waals surface area contributed by atoms with Gasteiger partial charge in [0.15, 0.2) is 8.07 Å². The summed E-state index contributed by atoms with van der Waals surface area (Å²) in [4.78, 5) is 9.26. The van der Waals surface area contributed by atoms with Crippen LogP contribution in [-0.4, -0.2) is 25.2 Å². The van der Waals surface area contributed by atoms with Crippen LogP contribution in [0.2, 0.25) is 11.1 Å². The molecule has 0 spiro atoms. The van der Waals surface area contributed by atoms with Crippen molar-refractivity contribution in [1.29, 1.82) is 0 Å². The Kier molecular flexibility index (Phi) is 4.78. The Hall–Kier alpha value is -1.68. The van der Waals surface area contributed by atoms with Gasteiger partial charge in [0, 0.05) is 12.4 Å². The largest absolute Gasteiger partial charge is 0.497 e. The first-order valence-electron chi connectivity index (χ1n) is 7.45. The number of rotatable bonds is 5. The summed E-state index contributed by atoms with van der Waals surface area (Å²) >= 11 is 0. The Bertz CT molecular complexity index is 559. The van der Waals surface area contributed by atoms with Gasteiger partial charge in [-0.15, -0.1) is 0 Å². The SMILES string of the molecule is COc1ccc([Si](c2ncccn2)(C(C)C)C(C)C)cc1. The summed E-state index contributed by atoms with van der Waals surface area (Å²) in [6.07, 6.45) is 3.72. The summed E-state index contributed by atoms with van der Waals surface area (Å²) in [5, 5.41) is 1.37. The molecule has 0 radical (unpaired) electrons. The highest BCUT2D eigenvalue weighted by molar-refractivity contribution is 7.03. The summed E-state index contributed by atoms with van der Waals surface area (Å²) in [5.74, 6) is 0.892. The van der Waals surface area contributed by atoms with Crippen molar-refractivity contribution in [2.75, 3.05) is 7.11 Å². The van der Waals surface area contributed by atoms with Gasteiger partial charge in [-0.1, -0.05) is 39.8 Å². The van der Waals surface area contributed by atoms with E-state index in [4.69, 9.17) is 4.74 Å². The van der Waals surface area contributed by atoms with Gasteiger partial charge in [-0.25, -0.2) is 9.97 Å². The molecule has 0 atom stereocenters. The lowest BCUT2D eigenvalue weighted by Gasteiger charge is -2.38. The van der Waals surface area contributed by atoms with Crippen LogP contribution in [0, 0.1) is 0 Å². The van der Waals surface area contributed by atoms with Crippen molar-refractivity contribution in [3.63, 3.8) is 0 Å². The molecule has 2 rings (SSSR count). The molecule has 0 N–H and O–H groups in total. The molecule has 0 fully saturated rings. The maximum atomic E-state index is 5.29. The van der Waals surface area contributed by atoms with Crippen LogP contribution in [0.1, 0.15) is 27.7 Å². The van der Waals surface area contributed by atoms with Crippen molar-refractivity contribution in [1.82, 2.24) is 9.97 Å². The lowest BCUT2D eigenvalue weighted by atomic mass is 10.3. The second kappa shape index (κ2) is 6.39. The molecule has 0 aliphatic heterocycles. The molecule has 0 aliphatic carbocycles. The van der Waals surface area contributed by atoms with Gasteiger partial charge in [-0.05, 0) is 34.5 Å². The van der Waals surface area contributed by atoms with Gasteiger partial charge >= 0.3 is 0 Å². The zero-order chi connectivity index (χ0) is 15.5. The van der Waals surface area contributed by atoms with Crippen molar-refractivity contribution < 1.29 is 4.74 Å². The topological polar surface area (TPSA) is 35.0 Å². The second-order valence-corrected chi connectivity index (χ2v) is 11.1. The number of benzene rings is 1. The van der Waals surface area contributed by atoms with Gasteiger partial charge in [0.25, 0.3) is 0 Å². The average Bonchev–Trinajstić information content (AvgIpc) is 2.49. The minimum Gasteiger partial charge on any atom is -0.497 e. The number of ether oxygens (including phenoxy) is 1. The molecule has 1 aromatic carbocycles. The summed E-state index contributed by atoms with van der Waals surface area (Å²) in [6, 6.07) is 10.4. The molecule has 0 bridgehead atoms. The Labute approximate surface area is 128 Å². The monoisotopic (exact) mass is 300 g/mol. The third kappa shape index (κ3) is 2.72. The smallest absolute Gasteiger partial charge is 0.170 e. The lowest BCUT2D eigenvalue weighted by molar-refractivity contribution is 0.415. The minimum atomic E-state index is -2.02. The second-order valence-electron chi connectivity index (χ2n) is 5.98. The van der Waals surface area contributed by atoms with Crippen LogP contribution in [0.4, 0.5) is 0 Å². The van der Waals surface area contributed by atoms with E-state index < -0.39 is 8.07 Å². The van der Waals surface area contributed by atoms with E-state index >= 15 is 0 Å². The molecular formula is C17H24N2OSi. The summed E-state index contributed by atoms with van der Waals surface area (Å²) < 4.78 is 5.29. The van der Waals surface area contributed by atoms with Gasteiger partial charge in [-0.3, -0.25) is 0 Å². The van der Waals surface area contributed by atoms with E-state index in [9.17, 15) is 0 Å². The van der Waals surface area contributed by atoms with E-state index in [1.54, 1.807) is 7.11 Å². The molecule has 1 aromatic heterocycles. The molecule has 0 saturated heterocycles. The maximum Gasteiger partial charge on any atom is 0.170 e. The summed E-state index contributed by atoms with van der Waals surface area (Å²) in [6.45, 7) is 9.19. The van der Waals surface area contributed by atoms with E-state index in [2.05, 4.69) is 49.8 Å². The third-order valence-electron chi connectivity index (χ3n) is 4.32. The van der Waals surface area contributed by atoms with Gasteiger partial charge in [0.1, 0.15) is 11.2 Å². The zero-order valence-corrected chi connectivity index (χ0v) is 14.5. The van der Waals surface area contributed by atoms with E-state index in [0.717, 1.165) is 11.2 Å². The standard InChI is InChI=1S/C17H24N2OSi/c1-13(2)21(14(3)4,17-18-11-6-12-19-17)16-9-7-15(20-5)8-10-16/h6-14H,1-5H3. The fourth-order valence-corrected chi connectivity index (χ4v) is 8.61. The quantitative estimate of drug-likeness (QED) is 0.797. The highest BCUT2D eigenvalue weighted by atomic mass is 28.3. The minimum absolute atomic E-state index is 0.522. The number of aromatic nitrogens is 2. The molecule has 21 heavy (non-hydrogen) atoms. The van der Waals surface area contributed by atoms with E-state index in [-0.39, 0.29) is 0 Å². The fraction of sp³-hybridized carbons (Fsp3) is 0.412. The Balaban J connectivity index is 2.64. The first-order chi connectivity index (χ1) is 10.0. The van der Waals surface area contributed by atoms with Crippen LogP contribution in [0.3, 0.4) is 0 Å². The van der Waals surface area contributed by atoms with Crippen molar-refractivity contribution in [3.05, 3.63) is 42.7 Å². The normalized spacial score (nSPS) is 12.0. The number of methoxy groups -OCH3 is 1. The molecule has 0 saturated carbocycles. The number of nitrogens with zero attached hydrogens (tertiary/aromatic N) is 2. The molecule has 2 aromatic rings. The Morgan fingerprint density at radius 1 is 0.905 bits per heavy atom. The zero-order valence-electron chi connectivity index (χ0n) is 13.5. The molecule has 0 unspecified atom stereocenters. The Morgan fingerprint density at radius 3 is 1.86 bits per heavy atom. The van der Waals surface area contributed by atoms with E-state index in [1.807, 2.05) is 30.6 Å². The van der Waals surface area contributed by atoms with Crippen molar-refractivity contribution in [2.45, 2.75) is 38.8 Å². The summed E-state index contributed by atoms with van der Waals surface area (Å²) in [7, 11) is -0.317. The van der Waals surface area contributed by atoms with Gasteiger partial charge in [-0.2, -0.15) is 0 Å². The molecule has 0 aliphatic rings. The fourth-order valence-electron chi connectivity index (χ4n) is 3.36. The Morgan fingerprint density at radius 2 is 1.43 bits per heavy atom. The molecular weight excluding hydrogens is 276 g/mol. The van der Waals surface area contributed by atoms with Crippen LogP contribution in [0.5, 0.6) is 5.75 Å². The molecule has 1 heterocycles. The first kappa shape index (κ1) is 15.7. The van der Waals surface area contributed by atoms with Gasteiger partial charge in [0.05, 0.1) is 7.11 Å². The van der Waals surface area contributed by atoms with Crippen LogP contribution < -0.4 is 15.4 Å². The lowest BCUT2D eigenvalue weighted by Crippen LogP contribution is -2.64. The third-order valence-corrected chi connectivity index (χ3v) is 10.3. The highest BCUT2D eigenvalue weighted by Crippen LogP contribution is 2.31. The number of hydrogen-bond donors (Lipinski definition) is 0. The first-order valence-corrected chi connectivity index (χ1v) is 9.61. The molecule has 3 nitrogen and oxygen atoms in total. The predicted molar refractivity (Wildman–Crippen MR) is 90.2 cm³/mol. The van der Waals surface area contributed by atoms with Crippen LogP contribution in [0.25, 0.3) is 0 Å². The van der Waals surface area contributed by atoms with Crippen molar-refractivity contribution in [3.8, 4) is 5.75 Å². The van der Waals surface area contributed by atoms with Crippen LogP contribution >= 0.6 is 0 Å². The summed E-state index contributed by atoms with van der Waals surface area (Å²) in [5.41, 5.74) is 2.07. The van der Waals surface area contributed by atoms with Gasteiger partial charge < -0.3 is 4.74 Å². The molecule has 4 heteroatoms. The van der Waals surface area contributed by atoms with Crippen LogP contribution in [-0.2, 0) is 0 Å². The molecule has 112 valence electrons. The van der Waals surface area contributed by atoms with Gasteiger partial charge in [0.2, 0.25) is 0 Å². The maximum absolute atomic E-state index is 5.29. The van der Waals surface area contributed by atoms with Crippen molar-refractivity contribution >= 4 is 18.7 Å². The van der Waals surface area contributed by atoms with E-state index in [1.165, 1.54) is 5.19 Å².